The molecule has 0 unspecified atom stereocenters. The van der Waals surface area contributed by atoms with Crippen LogP contribution in [0.5, 0.6) is 11.5 Å². The smallest absolute Gasteiger partial charge is 0.330 e. The molecule has 23 heavy (non-hydrogen) atoms. The maximum atomic E-state index is 12.6. The first-order valence-corrected chi connectivity index (χ1v) is 7.02. The van der Waals surface area contributed by atoms with Crippen molar-refractivity contribution in [3.8, 4) is 11.5 Å². The zero-order valence-corrected chi connectivity index (χ0v) is 14.0. The van der Waals surface area contributed by atoms with Crippen LogP contribution in [0.2, 0.25) is 0 Å². The van der Waals surface area contributed by atoms with Crippen molar-refractivity contribution in [1.82, 2.24) is 0 Å². The molecule has 0 amide bonds. The topological polar surface area (TPSA) is 108 Å². The second kappa shape index (κ2) is 6.87. The van der Waals surface area contributed by atoms with E-state index in [0.29, 0.717) is 5.75 Å². The molecular formula is C16H23NO6. The van der Waals surface area contributed by atoms with E-state index < -0.39 is 29.5 Å². The van der Waals surface area contributed by atoms with Crippen LogP contribution in [0.25, 0.3) is 0 Å². The van der Waals surface area contributed by atoms with Gasteiger partial charge in [0.2, 0.25) is 5.41 Å². The first-order chi connectivity index (χ1) is 10.6. The monoisotopic (exact) mass is 325 g/mol. The van der Waals surface area contributed by atoms with E-state index >= 15 is 0 Å². The molecular weight excluding hydrogens is 302 g/mol. The summed E-state index contributed by atoms with van der Waals surface area (Å²) >= 11 is 0. The van der Waals surface area contributed by atoms with E-state index in [2.05, 4.69) is 0 Å². The molecule has 0 heterocycles. The van der Waals surface area contributed by atoms with Crippen molar-refractivity contribution in [3.63, 3.8) is 0 Å². The molecule has 1 aromatic rings. The minimum atomic E-state index is -2.09. The SMILES string of the molecule is COc1cccc([C@@](CN)(C(=O)O)C(=O)OC(C)(C)C)c1OC. The maximum absolute atomic E-state index is 12.6. The van der Waals surface area contributed by atoms with Gasteiger partial charge in [-0.3, -0.25) is 9.59 Å². The van der Waals surface area contributed by atoms with Crippen LogP contribution in [0.4, 0.5) is 0 Å². The fourth-order valence-electron chi connectivity index (χ4n) is 2.18. The fourth-order valence-corrected chi connectivity index (χ4v) is 2.18. The Hall–Kier alpha value is -2.28. The number of carbonyl (C=O) groups is 2. The zero-order chi connectivity index (χ0) is 17.8. The number of para-hydroxylation sites is 1. The molecule has 0 spiro atoms. The summed E-state index contributed by atoms with van der Waals surface area (Å²) in [7, 11) is 2.78. The minimum absolute atomic E-state index is 0.0867. The molecule has 0 bridgehead atoms. The first-order valence-electron chi connectivity index (χ1n) is 7.02. The molecule has 3 N–H and O–H groups in total. The molecule has 1 aromatic carbocycles. The summed E-state index contributed by atoms with van der Waals surface area (Å²) in [5.41, 5.74) is 2.83. The van der Waals surface area contributed by atoms with Crippen LogP contribution < -0.4 is 15.2 Å². The van der Waals surface area contributed by atoms with Gasteiger partial charge in [-0.1, -0.05) is 12.1 Å². The number of benzene rings is 1. The highest BCUT2D eigenvalue weighted by Gasteiger charge is 2.52. The largest absolute Gasteiger partial charge is 0.493 e. The van der Waals surface area contributed by atoms with Gasteiger partial charge in [-0.05, 0) is 26.8 Å². The van der Waals surface area contributed by atoms with Gasteiger partial charge in [-0.25, -0.2) is 0 Å². The van der Waals surface area contributed by atoms with Gasteiger partial charge in [0.15, 0.2) is 11.5 Å². The summed E-state index contributed by atoms with van der Waals surface area (Å²) < 4.78 is 15.7. The number of esters is 1. The van der Waals surface area contributed by atoms with Crippen molar-refractivity contribution >= 4 is 11.9 Å². The number of hydrogen-bond acceptors (Lipinski definition) is 6. The van der Waals surface area contributed by atoms with Gasteiger partial charge >= 0.3 is 11.9 Å². The van der Waals surface area contributed by atoms with Gasteiger partial charge in [-0.2, -0.15) is 0 Å². The molecule has 7 heteroatoms. The van der Waals surface area contributed by atoms with E-state index in [1.807, 2.05) is 0 Å². The van der Waals surface area contributed by atoms with E-state index in [1.165, 1.54) is 20.3 Å². The summed E-state index contributed by atoms with van der Waals surface area (Å²) in [6, 6.07) is 4.63. The summed E-state index contributed by atoms with van der Waals surface area (Å²) in [5, 5.41) is 9.75. The van der Waals surface area contributed by atoms with E-state index in [-0.39, 0.29) is 11.3 Å². The number of methoxy groups -OCH3 is 2. The summed E-state index contributed by atoms with van der Waals surface area (Å²) in [4.78, 5) is 24.6. The van der Waals surface area contributed by atoms with Gasteiger partial charge in [0.05, 0.1) is 14.2 Å². The summed E-state index contributed by atoms with van der Waals surface area (Å²) in [6.45, 7) is 4.46. The number of hydrogen-bond donors (Lipinski definition) is 2. The van der Waals surface area contributed by atoms with Crippen LogP contribution in [0.3, 0.4) is 0 Å². The zero-order valence-electron chi connectivity index (χ0n) is 14.0. The Kier molecular flexibility index (Phi) is 5.60. The van der Waals surface area contributed by atoms with E-state index in [9.17, 15) is 14.7 Å². The number of aliphatic carboxylic acids is 1. The standard InChI is InChI=1S/C16H23NO6/c1-15(2,3)23-14(20)16(9-17,13(18)19)10-7-6-8-11(21-4)12(10)22-5/h6-8H,9,17H2,1-5H3,(H,18,19)/t16-/m0/s1. The third-order valence-corrected chi connectivity index (χ3v) is 3.28. The lowest BCUT2D eigenvalue weighted by Crippen LogP contribution is -2.52. The lowest BCUT2D eigenvalue weighted by molar-refractivity contribution is -0.169. The predicted octanol–water partition coefficient (Wildman–Crippen LogP) is 1.33. The molecule has 0 saturated carbocycles. The van der Waals surface area contributed by atoms with Crippen molar-refractivity contribution in [2.75, 3.05) is 20.8 Å². The Morgan fingerprint density at radius 3 is 2.17 bits per heavy atom. The number of rotatable bonds is 6. The third-order valence-electron chi connectivity index (χ3n) is 3.28. The van der Waals surface area contributed by atoms with Gasteiger partial charge in [0.1, 0.15) is 5.60 Å². The summed E-state index contributed by atoms with van der Waals surface area (Å²) in [5.74, 6) is -1.94. The Balaban J connectivity index is 3.61. The van der Waals surface area contributed by atoms with Crippen molar-refractivity contribution in [1.29, 1.82) is 0 Å². The highest BCUT2D eigenvalue weighted by Crippen LogP contribution is 2.39. The van der Waals surface area contributed by atoms with Gasteiger partial charge in [0, 0.05) is 12.1 Å². The normalized spacial score (nSPS) is 13.8. The molecule has 128 valence electrons. The molecule has 0 aliphatic carbocycles. The number of carbonyl (C=O) groups excluding carboxylic acids is 1. The van der Waals surface area contributed by atoms with Crippen molar-refractivity contribution in [3.05, 3.63) is 23.8 Å². The van der Waals surface area contributed by atoms with Crippen LogP contribution in [0.15, 0.2) is 18.2 Å². The van der Waals surface area contributed by atoms with Crippen molar-refractivity contribution < 1.29 is 28.9 Å². The molecule has 1 atom stereocenters. The minimum Gasteiger partial charge on any atom is -0.493 e. The maximum Gasteiger partial charge on any atom is 0.330 e. The highest BCUT2D eigenvalue weighted by molar-refractivity contribution is 6.07. The van der Waals surface area contributed by atoms with Crippen LogP contribution >= 0.6 is 0 Å². The van der Waals surface area contributed by atoms with Crippen molar-refractivity contribution in [2.24, 2.45) is 5.73 Å². The van der Waals surface area contributed by atoms with Gasteiger partial charge in [0.25, 0.3) is 0 Å². The Morgan fingerprint density at radius 2 is 1.78 bits per heavy atom. The number of nitrogens with two attached hydrogens (primary N) is 1. The molecule has 7 nitrogen and oxygen atoms in total. The van der Waals surface area contributed by atoms with Crippen molar-refractivity contribution in [2.45, 2.75) is 31.8 Å². The molecule has 1 rings (SSSR count). The lowest BCUT2D eigenvalue weighted by atomic mass is 9.79. The Bertz CT molecular complexity index is 593. The second-order valence-electron chi connectivity index (χ2n) is 5.96. The van der Waals surface area contributed by atoms with Crippen LogP contribution in [-0.2, 0) is 19.7 Å². The van der Waals surface area contributed by atoms with Crippen LogP contribution in [0, 0.1) is 0 Å². The van der Waals surface area contributed by atoms with Gasteiger partial charge < -0.3 is 25.1 Å². The predicted molar refractivity (Wildman–Crippen MR) is 83.8 cm³/mol. The van der Waals surface area contributed by atoms with Crippen LogP contribution in [-0.4, -0.2) is 43.4 Å². The average Bonchev–Trinajstić information content (AvgIpc) is 2.45. The average molecular weight is 325 g/mol. The second-order valence-corrected chi connectivity index (χ2v) is 5.96. The molecule has 0 saturated heterocycles. The Morgan fingerprint density at radius 1 is 1.17 bits per heavy atom. The fraction of sp³-hybridized carbons (Fsp3) is 0.500. The van der Waals surface area contributed by atoms with E-state index in [4.69, 9.17) is 19.9 Å². The molecule has 0 aromatic heterocycles. The van der Waals surface area contributed by atoms with Gasteiger partial charge in [-0.15, -0.1) is 0 Å². The molecule has 0 radical (unpaired) electrons. The molecule has 0 aliphatic heterocycles. The van der Waals surface area contributed by atoms with E-state index in [0.717, 1.165) is 0 Å². The number of ether oxygens (including phenoxy) is 3. The summed E-state index contributed by atoms with van der Waals surface area (Å²) in [6.07, 6.45) is 0. The van der Waals surface area contributed by atoms with E-state index in [1.54, 1.807) is 32.9 Å². The first kappa shape index (κ1) is 18.8. The quantitative estimate of drug-likeness (QED) is 0.600. The molecule has 0 fully saturated rings. The molecule has 0 aliphatic rings. The highest BCUT2D eigenvalue weighted by atomic mass is 16.6. The Labute approximate surface area is 135 Å². The number of carboxylic acids is 1. The van der Waals surface area contributed by atoms with Crippen LogP contribution in [0.1, 0.15) is 26.3 Å². The third kappa shape index (κ3) is 3.56. The number of carboxylic acid groups (broad SMARTS) is 1. The lowest BCUT2D eigenvalue weighted by Gasteiger charge is -2.31.